The number of aromatic amines is 1. The molecule has 184 valence electrons. The average molecular weight is 524 g/mol. The highest BCUT2D eigenvalue weighted by molar-refractivity contribution is 7.90. The zero-order valence-electron chi connectivity index (χ0n) is 19.0. The number of fused-ring (bicyclic) bond motifs is 2. The van der Waals surface area contributed by atoms with Crippen LogP contribution in [0.15, 0.2) is 77.9 Å². The Morgan fingerprint density at radius 2 is 1.83 bits per heavy atom. The molecular weight excluding hydrogens is 502 g/mol. The van der Waals surface area contributed by atoms with Crippen LogP contribution in [0.1, 0.15) is 16.8 Å². The molecule has 2 aliphatic rings. The number of hydrogen-bond donors (Lipinski definition) is 2. The molecule has 2 saturated heterocycles. The fourth-order valence-electron chi connectivity index (χ4n) is 5.03. The smallest absolute Gasteiger partial charge is 0.304 e. The molecule has 0 radical (unpaired) electrons. The molecule has 11 heteroatoms. The molecule has 4 aromatic rings. The number of nitrogens with one attached hydrogen (secondary N) is 2. The van der Waals surface area contributed by atoms with Gasteiger partial charge in [0.15, 0.2) is 0 Å². The highest BCUT2D eigenvalue weighted by Crippen LogP contribution is 2.35. The van der Waals surface area contributed by atoms with Crippen LogP contribution in [-0.2, 0) is 10.2 Å². The van der Waals surface area contributed by atoms with E-state index in [0.29, 0.717) is 34.9 Å². The lowest BCUT2D eigenvalue weighted by Gasteiger charge is -2.20. The third-order valence-corrected chi connectivity index (χ3v) is 9.15. The second kappa shape index (κ2) is 8.51. The van der Waals surface area contributed by atoms with E-state index in [9.17, 15) is 18.0 Å². The van der Waals surface area contributed by atoms with Crippen LogP contribution in [0.25, 0.3) is 16.6 Å². The standard InChI is InChI=1S/C25H22ClN5O4S/c26-20-14-27-22-13-16(4-9-19(20)22)25(33)28-21-10-12-30-23(21)15-31(36(30,34)35)18-7-5-17(6-8-18)29-11-2-1-3-24(29)32/h1-9,11,13-14,21,23,27H,10,12,15H2,(H,28,33)/t21-,23-/m1/s1. The minimum absolute atomic E-state index is 0.170. The molecule has 0 aliphatic carbocycles. The van der Waals surface area contributed by atoms with Gasteiger partial charge in [0.25, 0.3) is 11.5 Å². The predicted octanol–water partition coefficient (Wildman–Crippen LogP) is 2.91. The molecule has 9 nitrogen and oxygen atoms in total. The van der Waals surface area contributed by atoms with Crippen molar-refractivity contribution in [3.8, 4) is 5.69 Å². The Morgan fingerprint density at radius 3 is 2.61 bits per heavy atom. The molecule has 2 aliphatic heterocycles. The summed E-state index contributed by atoms with van der Waals surface area (Å²) in [6, 6.07) is 16.3. The lowest BCUT2D eigenvalue weighted by molar-refractivity contribution is 0.0932. The van der Waals surface area contributed by atoms with E-state index in [0.717, 1.165) is 10.9 Å². The summed E-state index contributed by atoms with van der Waals surface area (Å²) in [4.78, 5) is 28.1. The van der Waals surface area contributed by atoms with Gasteiger partial charge in [0.1, 0.15) is 0 Å². The van der Waals surface area contributed by atoms with E-state index in [4.69, 9.17) is 11.6 Å². The van der Waals surface area contributed by atoms with Crippen molar-refractivity contribution < 1.29 is 13.2 Å². The van der Waals surface area contributed by atoms with Crippen LogP contribution in [0.2, 0.25) is 5.02 Å². The van der Waals surface area contributed by atoms with Crippen LogP contribution < -0.4 is 15.2 Å². The topological polar surface area (TPSA) is 108 Å². The predicted molar refractivity (Wildman–Crippen MR) is 138 cm³/mol. The van der Waals surface area contributed by atoms with Crippen molar-refractivity contribution >= 4 is 44.3 Å². The van der Waals surface area contributed by atoms with Crippen LogP contribution in [0.4, 0.5) is 5.69 Å². The summed E-state index contributed by atoms with van der Waals surface area (Å²) in [6.45, 7) is 0.556. The Labute approximate surface area is 212 Å². The minimum Gasteiger partial charge on any atom is -0.360 e. The third kappa shape index (κ3) is 3.69. The molecule has 2 N–H and O–H groups in total. The third-order valence-electron chi connectivity index (χ3n) is 6.87. The van der Waals surface area contributed by atoms with E-state index < -0.39 is 10.2 Å². The van der Waals surface area contributed by atoms with Crippen molar-refractivity contribution in [3.05, 3.63) is 94.0 Å². The Bertz CT molecular complexity index is 1650. The summed E-state index contributed by atoms with van der Waals surface area (Å²) >= 11 is 6.13. The molecule has 36 heavy (non-hydrogen) atoms. The van der Waals surface area contributed by atoms with Gasteiger partial charge in [0.2, 0.25) is 0 Å². The van der Waals surface area contributed by atoms with Gasteiger partial charge in [0.05, 0.1) is 23.3 Å². The molecule has 0 spiro atoms. The van der Waals surface area contributed by atoms with Crippen molar-refractivity contribution in [3.63, 3.8) is 0 Å². The first kappa shape index (κ1) is 22.8. The molecule has 6 rings (SSSR count). The lowest BCUT2D eigenvalue weighted by Crippen LogP contribution is -2.44. The minimum atomic E-state index is -3.74. The molecule has 0 bridgehead atoms. The zero-order chi connectivity index (χ0) is 25.0. The first-order chi connectivity index (χ1) is 17.3. The highest BCUT2D eigenvalue weighted by atomic mass is 35.5. The average Bonchev–Trinajstić information content (AvgIpc) is 3.53. The fraction of sp³-hybridized carbons (Fsp3) is 0.200. The quantitative estimate of drug-likeness (QED) is 0.429. The number of aromatic nitrogens is 2. The highest BCUT2D eigenvalue weighted by Gasteiger charge is 2.51. The summed E-state index contributed by atoms with van der Waals surface area (Å²) in [6.07, 6.45) is 3.87. The molecule has 2 atom stereocenters. The van der Waals surface area contributed by atoms with Crippen LogP contribution in [-0.4, -0.2) is 53.4 Å². The van der Waals surface area contributed by atoms with E-state index in [-0.39, 0.29) is 30.1 Å². The second-order valence-electron chi connectivity index (χ2n) is 8.91. The van der Waals surface area contributed by atoms with Gasteiger partial charge >= 0.3 is 10.2 Å². The molecule has 0 saturated carbocycles. The number of carbonyl (C=O) groups is 1. The first-order valence-electron chi connectivity index (χ1n) is 11.5. The van der Waals surface area contributed by atoms with E-state index in [1.165, 1.54) is 19.2 Å². The van der Waals surface area contributed by atoms with Crippen molar-refractivity contribution in [1.29, 1.82) is 0 Å². The number of anilines is 1. The summed E-state index contributed by atoms with van der Waals surface area (Å²) in [7, 11) is -3.74. The second-order valence-corrected chi connectivity index (χ2v) is 11.1. The van der Waals surface area contributed by atoms with E-state index in [1.54, 1.807) is 67.0 Å². The number of amides is 1. The SMILES string of the molecule is O=C(N[C@@H]1CCN2[C@@H]1CN(c1ccc(-n3ccccc3=O)cc1)S2(=O)=O)c1ccc2c(Cl)c[nH]c2c1. The van der Waals surface area contributed by atoms with Crippen molar-refractivity contribution in [2.45, 2.75) is 18.5 Å². The molecule has 2 fully saturated rings. The Kier molecular flexibility index (Phi) is 5.40. The zero-order valence-corrected chi connectivity index (χ0v) is 20.5. The molecule has 2 aromatic heterocycles. The lowest BCUT2D eigenvalue weighted by atomic mass is 10.1. The number of hydrogen-bond acceptors (Lipinski definition) is 4. The number of carbonyl (C=O) groups excluding carboxylic acids is 1. The van der Waals surface area contributed by atoms with Crippen LogP contribution in [0.3, 0.4) is 0 Å². The molecule has 2 aromatic carbocycles. The van der Waals surface area contributed by atoms with Crippen molar-refractivity contribution in [2.75, 3.05) is 17.4 Å². The Morgan fingerprint density at radius 1 is 1.06 bits per heavy atom. The van der Waals surface area contributed by atoms with Crippen LogP contribution in [0, 0.1) is 0 Å². The molecule has 0 unspecified atom stereocenters. The number of pyridine rings is 1. The summed E-state index contributed by atoms with van der Waals surface area (Å²) in [5.41, 5.74) is 2.22. The van der Waals surface area contributed by atoms with E-state index in [1.807, 2.05) is 0 Å². The Hall–Kier alpha value is -3.60. The van der Waals surface area contributed by atoms with Gasteiger partial charge in [0, 0.05) is 53.2 Å². The summed E-state index contributed by atoms with van der Waals surface area (Å²) in [5, 5.41) is 4.45. The molecular formula is C25H22ClN5O4S. The van der Waals surface area contributed by atoms with Crippen LogP contribution in [0.5, 0.6) is 0 Å². The van der Waals surface area contributed by atoms with Gasteiger partial charge in [-0.05, 0) is 48.9 Å². The van der Waals surface area contributed by atoms with Gasteiger partial charge < -0.3 is 10.3 Å². The van der Waals surface area contributed by atoms with Gasteiger partial charge in [-0.3, -0.25) is 18.5 Å². The fourth-order valence-corrected chi connectivity index (χ4v) is 7.13. The number of rotatable bonds is 4. The van der Waals surface area contributed by atoms with Crippen molar-refractivity contribution in [1.82, 2.24) is 19.2 Å². The maximum atomic E-state index is 13.3. The normalized spacial score (nSPS) is 21.1. The molecule has 1 amide bonds. The van der Waals surface area contributed by atoms with Gasteiger partial charge in [-0.1, -0.05) is 23.7 Å². The number of H-pyrrole nitrogens is 1. The van der Waals surface area contributed by atoms with Gasteiger partial charge in [-0.15, -0.1) is 0 Å². The van der Waals surface area contributed by atoms with E-state index in [2.05, 4.69) is 10.3 Å². The maximum absolute atomic E-state index is 13.3. The first-order valence-corrected chi connectivity index (χ1v) is 13.3. The molecule has 4 heterocycles. The summed E-state index contributed by atoms with van der Waals surface area (Å²) in [5.74, 6) is -0.261. The van der Waals surface area contributed by atoms with Crippen molar-refractivity contribution in [2.24, 2.45) is 0 Å². The maximum Gasteiger partial charge on any atom is 0.304 e. The van der Waals surface area contributed by atoms with E-state index >= 15 is 0 Å². The van der Waals surface area contributed by atoms with Crippen LogP contribution >= 0.6 is 11.6 Å². The number of nitrogens with zero attached hydrogens (tertiary/aromatic N) is 3. The van der Waals surface area contributed by atoms with Gasteiger partial charge in [-0.25, -0.2) is 0 Å². The summed E-state index contributed by atoms with van der Waals surface area (Å²) < 4.78 is 30.9. The monoisotopic (exact) mass is 523 g/mol. The Balaban J connectivity index is 1.21. The number of halogens is 1. The largest absolute Gasteiger partial charge is 0.360 e. The van der Waals surface area contributed by atoms with Gasteiger partial charge in [-0.2, -0.15) is 12.7 Å². The number of benzene rings is 2.